The van der Waals surface area contributed by atoms with E-state index in [1.54, 1.807) is 0 Å². The summed E-state index contributed by atoms with van der Waals surface area (Å²) in [6.45, 7) is 0. The molecule has 3 rings (SSSR count). The van der Waals surface area contributed by atoms with Gasteiger partial charge in [-0.25, -0.2) is 4.98 Å². The van der Waals surface area contributed by atoms with Crippen LogP contribution in [0.4, 0.5) is 36.3 Å². The third-order valence-electron chi connectivity index (χ3n) is 3.25. The lowest BCUT2D eigenvalue weighted by molar-refractivity contribution is -0.137. The van der Waals surface area contributed by atoms with Crippen molar-refractivity contribution in [2.24, 2.45) is 0 Å². The number of nitrogens with zero attached hydrogens (tertiary/aromatic N) is 2. The van der Waals surface area contributed by atoms with Crippen molar-refractivity contribution in [3.8, 4) is 0 Å². The Bertz CT molecular complexity index is 852. The summed E-state index contributed by atoms with van der Waals surface area (Å²) < 4.78 is 37.8. The third-order valence-corrected chi connectivity index (χ3v) is 3.53. The lowest BCUT2D eigenvalue weighted by Crippen LogP contribution is -2.05. The zero-order valence-corrected chi connectivity index (χ0v) is 13.4. The Labute approximate surface area is 146 Å². The number of benzene rings is 2. The van der Waals surface area contributed by atoms with Crippen molar-refractivity contribution in [3.05, 3.63) is 71.4 Å². The third kappa shape index (κ3) is 4.39. The summed E-state index contributed by atoms with van der Waals surface area (Å²) in [6, 6.07) is 13.9. The Morgan fingerprint density at radius 2 is 1.48 bits per heavy atom. The van der Waals surface area contributed by atoms with Crippen LogP contribution in [0.3, 0.4) is 0 Å². The van der Waals surface area contributed by atoms with E-state index in [1.165, 1.54) is 18.3 Å². The fraction of sp³-hybridized carbons (Fsp3) is 0.0588. The van der Waals surface area contributed by atoms with Crippen molar-refractivity contribution in [2.75, 3.05) is 10.6 Å². The van der Waals surface area contributed by atoms with Crippen molar-refractivity contribution in [2.45, 2.75) is 6.18 Å². The first-order valence-electron chi connectivity index (χ1n) is 7.21. The zero-order valence-electron chi connectivity index (χ0n) is 12.7. The summed E-state index contributed by atoms with van der Waals surface area (Å²) in [7, 11) is 0. The maximum absolute atomic E-state index is 12.6. The molecule has 0 fully saturated rings. The predicted molar refractivity (Wildman–Crippen MR) is 91.5 cm³/mol. The van der Waals surface area contributed by atoms with Crippen LogP contribution >= 0.6 is 11.6 Å². The molecule has 3 aromatic rings. The first kappa shape index (κ1) is 17.0. The van der Waals surface area contributed by atoms with Crippen molar-refractivity contribution in [1.82, 2.24) is 9.97 Å². The molecule has 0 unspecified atom stereocenters. The molecule has 2 aromatic carbocycles. The molecule has 0 aliphatic heterocycles. The minimum Gasteiger partial charge on any atom is -0.339 e. The maximum atomic E-state index is 12.6. The second-order valence-electron chi connectivity index (χ2n) is 5.08. The van der Waals surface area contributed by atoms with E-state index in [0.717, 1.165) is 17.8 Å². The van der Waals surface area contributed by atoms with E-state index in [-0.39, 0.29) is 10.8 Å². The summed E-state index contributed by atoms with van der Waals surface area (Å²) in [5.74, 6) is 0.597. The molecule has 0 bridgehead atoms. The molecule has 2 N–H and O–H groups in total. The summed E-state index contributed by atoms with van der Waals surface area (Å²) in [6.07, 6.45) is -2.97. The number of halogens is 4. The summed E-state index contributed by atoms with van der Waals surface area (Å²) >= 11 is 6.06. The molecule has 0 aliphatic carbocycles. The number of aromatic nitrogens is 2. The summed E-state index contributed by atoms with van der Waals surface area (Å²) in [5, 5.41) is 6.15. The van der Waals surface area contributed by atoms with Gasteiger partial charge in [-0.1, -0.05) is 29.8 Å². The lowest BCUT2D eigenvalue weighted by atomic mass is 10.2. The molecule has 0 atom stereocenters. The fourth-order valence-corrected chi connectivity index (χ4v) is 2.18. The van der Waals surface area contributed by atoms with Gasteiger partial charge in [-0.15, -0.1) is 0 Å². The van der Waals surface area contributed by atoms with Gasteiger partial charge in [-0.2, -0.15) is 18.2 Å². The molecule has 25 heavy (non-hydrogen) atoms. The van der Waals surface area contributed by atoms with Gasteiger partial charge in [0.2, 0.25) is 5.95 Å². The molecule has 0 spiro atoms. The minimum absolute atomic E-state index is 0.249. The zero-order chi connectivity index (χ0) is 17.9. The Balaban J connectivity index is 1.79. The largest absolute Gasteiger partial charge is 0.416 e. The molecule has 1 aromatic heterocycles. The van der Waals surface area contributed by atoms with Crippen LogP contribution < -0.4 is 10.6 Å². The van der Waals surface area contributed by atoms with Crippen molar-refractivity contribution >= 4 is 34.7 Å². The van der Waals surface area contributed by atoms with Gasteiger partial charge < -0.3 is 10.6 Å². The molecule has 8 heteroatoms. The van der Waals surface area contributed by atoms with Gasteiger partial charge in [0.25, 0.3) is 0 Å². The van der Waals surface area contributed by atoms with Crippen LogP contribution in [0.5, 0.6) is 0 Å². The van der Waals surface area contributed by atoms with Crippen molar-refractivity contribution in [3.63, 3.8) is 0 Å². The van der Waals surface area contributed by atoms with Gasteiger partial charge in [0.05, 0.1) is 11.8 Å². The Morgan fingerprint density at radius 3 is 2.12 bits per heavy atom. The van der Waals surface area contributed by atoms with Gasteiger partial charge in [0.1, 0.15) is 5.02 Å². The fourth-order valence-electron chi connectivity index (χ4n) is 2.04. The van der Waals surface area contributed by atoms with E-state index >= 15 is 0 Å². The summed E-state index contributed by atoms with van der Waals surface area (Å²) in [4.78, 5) is 8.33. The number of nitrogens with one attached hydrogen (secondary N) is 2. The molecule has 0 saturated heterocycles. The highest BCUT2D eigenvalue weighted by Crippen LogP contribution is 2.31. The van der Waals surface area contributed by atoms with E-state index in [0.29, 0.717) is 11.6 Å². The van der Waals surface area contributed by atoms with Crippen LogP contribution in [0.2, 0.25) is 5.02 Å². The standard InChI is InChI=1S/C17H12ClF3N4/c18-14-10-22-16(24-12-4-2-1-3-5-12)25-15(14)23-13-8-6-11(7-9-13)17(19,20)21/h1-10H,(H2,22,23,24,25). The van der Waals surface area contributed by atoms with Crippen LogP contribution in [0.25, 0.3) is 0 Å². The quantitative estimate of drug-likeness (QED) is 0.629. The van der Waals surface area contributed by atoms with Gasteiger partial charge >= 0.3 is 6.18 Å². The molecule has 4 nitrogen and oxygen atoms in total. The highest BCUT2D eigenvalue weighted by Gasteiger charge is 2.29. The number of alkyl halides is 3. The van der Waals surface area contributed by atoms with E-state index in [4.69, 9.17) is 11.6 Å². The predicted octanol–water partition coefficient (Wildman–Crippen LogP) is 5.64. The minimum atomic E-state index is -4.38. The molecule has 0 radical (unpaired) electrons. The second-order valence-corrected chi connectivity index (χ2v) is 5.49. The molecule has 0 aliphatic rings. The first-order valence-corrected chi connectivity index (χ1v) is 7.58. The van der Waals surface area contributed by atoms with E-state index in [2.05, 4.69) is 20.6 Å². The Hall–Kier alpha value is -2.80. The van der Waals surface area contributed by atoms with Crippen LogP contribution in [0.15, 0.2) is 60.8 Å². The average Bonchev–Trinajstić information content (AvgIpc) is 2.58. The molecule has 1 heterocycles. The number of anilines is 4. The number of rotatable bonds is 4. The van der Waals surface area contributed by atoms with Gasteiger partial charge in [-0.3, -0.25) is 0 Å². The van der Waals surface area contributed by atoms with Crippen LogP contribution in [-0.2, 0) is 6.18 Å². The van der Waals surface area contributed by atoms with Crippen LogP contribution in [0.1, 0.15) is 5.56 Å². The van der Waals surface area contributed by atoms with Gasteiger partial charge in [-0.05, 0) is 36.4 Å². The van der Waals surface area contributed by atoms with Gasteiger partial charge in [0.15, 0.2) is 5.82 Å². The monoisotopic (exact) mass is 364 g/mol. The number of hydrogen-bond acceptors (Lipinski definition) is 4. The molecular formula is C17H12ClF3N4. The number of hydrogen-bond donors (Lipinski definition) is 2. The van der Waals surface area contributed by atoms with Crippen molar-refractivity contribution in [1.29, 1.82) is 0 Å². The molecule has 0 saturated carbocycles. The SMILES string of the molecule is FC(F)(F)c1ccc(Nc2nc(Nc3ccccc3)ncc2Cl)cc1. The smallest absolute Gasteiger partial charge is 0.339 e. The molecule has 0 amide bonds. The van der Waals surface area contributed by atoms with E-state index in [1.807, 2.05) is 30.3 Å². The topological polar surface area (TPSA) is 49.8 Å². The van der Waals surface area contributed by atoms with Crippen molar-refractivity contribution < 1.29 is 13.2 Å². The first-order chi connectivity index (χ1) is 11.9. The maximum Gasteiger partial charge on any atom is 0.416 e. The second kappa shape index (κ2) is 6.98. The van der Waals surface area contributed by atoms with Gasteiger partial charge in [0, 0.05) is 11.4 Å². The average molecular weight is 365 g/mol. The van der Waals surface area contributed by atoms with Crippen LogP contribution in [0, 0.1) is 0 Å². The molecule has 128 valence electrons. The lowest BCUT2D eigenvalue weighted by Gasteiger charge is -2.11. The Morgan fingerprint density at radius 1 is 0.840 bits per heavy atom. The highest BCUT2D eigenvalue weighted by atomic mass is 35.5. The number of para-hydroxylation sites is 1. The van der Waals surface area contributed by atoms with E-state index in [9.17, 15) is 13.2 Å². The highest BCUT2D eigenvalue weighted by molar-refractivity contribution is 6.32. The molecular weight excluding hydrogens is 353 g/mol. The van der Waals surface area contributed by atoms with Crippen LogP contribution in [-0.4, -0.2) is 9.97 Å². The normalized spacial score (nSPS) is 11.2. The Kier molecular flexibility index (Phi) is 4.76. The van der Waals surface area contributed by atoms with E-state index < -0.39 is 11.7 Å². The summed E-state index contributed by atoms with van der Waals surface area (Å²) in [5.41, 5.74) is 0.503.